The molecular weight excluding hydrogens is 483 g/mol. The molecule has 0 unspecified atom stereocenters. The minimum absolute atomic E-state index is 0.0396. The molecule has 1 atom stereocenters. The van der Waals surface area contributed by atoms with Gasteiger partial charge in [-0.05, 0) is 98.6 Å². The van der Waals surface area contributed by atoms with E-state index in [0.717, 1.165) is 31.6 Å². The predicted octanol–water partition coefficient (Wildman–Crippen LogP) is 7.49. The van der Waals surface area contributed by atoms with Crippen molar-refractivity contribution in [3.63, 3.8) is 0 Å². The third-order valence-electron chi connectivity index (χ3n) is 6.81. The second-order valence-corrected chi connectivity index (χ2v) is 11.1. The van der Waals surface area contributed by atoms with E-state index in [1.807, 2.05) is 71.8 Å². The quantitative estimate of drug-likeness (QED) is 0.310. The molecular formula is C28H32Cl2N2OS. The number of halogens is 2. The van der Waals surface area contributed by atoms with Gasteiger partial charge in [-0.3, -0.25) is 4.79 Å². The number of aryl methyl sites for hydroxylation is 1. The van der Waals surface area contributed by atoms with E-state index in [0.29, 0.717) is 28.1 Å². The maximum Gasteiger partial charge on any atom is 0.253 e. The van der Waals surface area contributed by atoms with Crippen LogP contribution in [0.5, 0.6) is 0 Å². The number of amides is 1. The number of likely N-dealkylation sites (N-methyl/N-ethyl adjacent to an activating group) is 1. The van der Waals surface area contributed by atoms with Crippen molar-refractivity contribution in [2.45, 2.75) is 38.0 Å². The highest BCUT2D eigenvalue weighted by atomic mass is 35.5. The molecule has 0 aliphatic carbocycles. The molecule has 1 aliphatic heterocycles. The molecule has 2 aromatic carbocycles. The van der Waals surface area contributed by atoms with Gasteiger partial charge in [0.1, 0.15) is 0 Å². The van der Waals surface area contributed by atoms with Crippen molar-refractivity contribution in [2.75, 3.05) is 33.2 Å². The normalized spacial score (nSPS) is 15.9. The molecule has 34 heavy (non-hydrogen) atoms. The molecule has 0 N–H and O–H groups in total. The van der Waals surface area contributed by atoms with E-state index in [9.17, 15) is 4.79 Å². The molecule has 1 aliphatic rings. The summed E-state index contributed by atoms with van der Waals surface area (Å²) in [4.78, 5) is 18.9. The molecule has 1 aromatic heterocycles. The SMILES string of the molecule is Cc1csc(C2CCN(CC[C@H](CN(C)C(=O)c3ccccc3)c3ccc(Cl)c(Cl)c3)CC2)c1. The third kappa shape index (κ3) is 6.42. The molecule has 1 fully saturated rings. The largest absolute Gasteiger partial charge is 0.341 e. The summed E-state index contributed by atoms with van der Waals surface area (Å²) < 4.78 is 0. The van der Waals surface area contributed by atoms with Crippen LogP contribution >= 0.6 is 34.5 Å². The van der Waals surface area contributed by atoms with E-state index in [2.05, 4.69) is 23.3 Å². The Morgan fingerprint density at radius 2 is 1.82 bits per heavy atom. The number of rotatable bonds is 8. The van der Waals surface area contributed by atoms with Crippen molar-refractivity contribution >= 4 is 40.4 Å². The molecule has 3 nitrogen and oxygen atoms in total. The number of thiophene rings is 1. The number of benzene rings is 2. The summed E-state index contributed by atoms with van der Waals surface area (Å²) in [5.74, 6) is 0.915. The third-order valence-corrected chi connectivity index (χ3v) is 8.76. The zero-order chi connectivity index (χ0) is 24.1. The fourth-order valence-electron chi connectivity index (χ4n) is 4.79. The first-order valence-corrected chi connectivity index (χ1v) is 13.6. The Bertz CT molecular complexity index is 1090. The minimum Gasteiger partial charge on any atom is -0.341 e. The van der Waals surface area contributed by atoms with Gasteiger partial charge in [0.25, 0.3) is 5.91 Å². The first-order chi connectivity index (χ1) is 16.4. The molecule has 2 heterocycles. The van der Waals surface area contributed by atoms with Crippen molar-refractivity contribution in [2.24, 2.45) is 0 Å². The molecule has 3 aromatic rings. The van der Waals surface area contributed by atoms with Gasteiger partial charge in [-0.2, -0.15) is 0 Å². The lowest BCUT2D eigenvalue weighted by Gasteiger charge is -2.33. The Kier molecular flexibility index (Phi) is 8.70. The minimum atomic E-state index is 0.0396. The van der Waals surface area contributed by atoms with E-state index in [4.69, 9.17) is 23.2 Å². The second kappa shape index (κ2) is 11.7. The van der Waals surface area contributed by atoms with Crippen LogP contribution in [0, 0.1) is 6.92 Å². The average molecular weight is 516 g/mol. The summed E-state index contributed by atoms with van der Waals surface area (Å²) in [6.07, 6.45) is 3.39. The fraction of sp³-hybridized carbons (Fsp3) is 0.393. The first kappa shape index (κ1) is 25.2. The predicted molar refractivity (Wildman–Crippen MR) is 145 cm³/mol. The summed E-state index contributed by atoms with van der Waals surface area (Å²) in [5, 5.41) is 3.38. The molecule has 0 radical (unpaired) electrons. The smallest absolute Gasteiger partial charge is 0.253 e. The Morgan fingerprint density at radius 1 is 1.09 bits per heavy atom. The van der Waals surface area contributed by atoms with E-state index in [1.165, 1.54) is 23.3 Å². The molecule has 0 spiro atoms. The van der Waals surface area contributed by atoms with Crippen LogP contribution in [0.15, 0.2) is 60.0 Å². The fourth-order valence-corrected chi connectivity index (χ4v) is 6.17. The Balaban J connectivity index is 1.40. The lowest BCUT2D eigenvalue weighted by atomic mass is 9.92. The molecule has 1 saturated heterocycles. The van der Waals surface area contributed by atoms with Crippen LogP contribution < -0.4 is 0 Å². The Labute approximate surface area is 217 Å². The maximum absolute atomic E-state index is 13.0. The second-order valence-electron chi connectivity index (χ2n) is 9.35. The highest BCUT2D eigenvalue weighted by Crippen LogP contribution is 2.33. The molecule has 180 valence electrons. The molecule has 6 heteroatoms. The van der Waals surface area contributed by atoms with E-state index >= 15 is 0 Å². The zero-order valence-corrected chi connectivity index (χ0v) is 22.2. The van der Waals surface area contributed by atoms with Gasteiger partial charge in [0.2, 0.25) is 0 Å². The molecule has 4 rings (SSSR count). The van der Waals surface area contributed by atoms with Gasteiger partial charge in [-0.25, -0.2) is 0 Å². The summed E-state index contributed by atoms with van der Waals surface area (Å²) in [7, 11) is 1.88. The summed E-state index contributed by atoms with van der Waals surface area (Å²) >= 11 is 14.4. The topological polar surface area (TPSA) is 23.6 Å². The summed E-state index contributed by atoms with van der Waals surface area (Å²) in [6.45, 7) is 6.06. The van der Waals surface area contributed by atoms with Gasteiger partial charge < -0.3 is 9.80 Å². The monoisotopic (exact) mass is 514 g/mol. The van der Waals surface area contributed by atoms with Crippen molar-refractivity contribution in [1.29, 1.82) is 0 Å². The van der Waals surface area contributed by atoms with E-state index in [1.54, 1.807) is 0 Å². The highest BCUT2D eigenvalue weighted by molar-refractivity contribution is 7.10. The van der Waals surface area contributed by atoms with Crippen LogP contribution in [0.2, 0.25) is 10.0 Å². The van der Waals surface area contributed by atoms with Gasteiger partial charge >= 0.3 is 0 Å². The number of hydrogen-bond acceptors (Lipinski definition) is 3. The van der Waals surface area contributed by atoms with Crippen LogP contribution in [-0.2, 0) is 0 Å². The van der Waals surface area contributed by atoms with Gasteiger partial charge in [0.05, 0.1) is 10.0 Å². The van der Waals surface area contributed by atoms with Crippen molar-refractivity contribution < 1.29 is 4.79 Å². The lowest BCUT2D eigenvalue weighted by molar-refractivity contribution is 0.0781. The number of likely N-dealkylation sites (tertiary alicyclic amines) is 1. The van der Waals surface area contributed by atoms with Crippen LogP contribution in [0.4, 0.5) is 0 Å². The zero-order valence-electron chi connectivity index (χ0n) is 19.8. The number of carbonyl (C=O) groups excluding carboxylic acids is 1. The molecule has 0 bridgehead atoms. The van der Waals surface area contributed by atoms with E-state index < -0.39 is 0 Å². The number of carbonyl (C=O) groups is 1. The lowest BCUT2D eigenvalue weighted by Crippen LogP contribution is -2.36. The molecule has 0 saturated carbocycles. The summed E-state index contributed by atoms with van der Waals surface area (Å²) in [5.41, 5.74) is 3.22. The van der Waals surface area contributed by atoms with Crippen molar-refractivity contribution in [1.82, 2.24) is 9.80 Å². The highest BCUT2D eigenvalue weighted by Gasteiger charge is 2.24. The number of nitrogens with zero attached hydrogens (tertiary/aromatic N) is 2. The molecule has 1 amide bonds. The van der Waals surface area contributed by atoms with Gasteiger partial charge in [-0.15, -0.1) is 11.3 Å². The van der Waals surface area contributed by atoms with Crippen LogP contribution in [0.3, 0.4) is 0 Å². The van der Waals surface area contributed by atoms with Crippen LogP contribution in [-0.4, -0.2) is 48.9 Å². The van der Waals surface area contributed by atoms with Gasteiger partial charge in [0.15, 0.2) is 0 Å². The van der Waals surface area contributed by atoms with Crippen LogP contribution in [0.1, 0.15) is 57.5 Å². The first-order valence-electron chi connectivity index (χ1n) is 11.9. The van der Waals surface area contributed by atoms with Gasteiger partial charge in [0, 0.05) is 30.0 Å². The van der Waals surface area contributed by atoms with E-state index in [-0.39, 0.29) is 11.8 Å². The summed E-state index contributed by atoms with van der Waals surface area (Å²) in [6, 6.07) is 17.7. The van der Waals surface area contributed by atoms with Gasteiger partial charge in [-0.1, -0.05) is 47.5 Å². The standard InChI is InChI=1S/C28H32Cl2N2OS/c1-20-16-27(34-19-20)21-10-13-32(14-11-21)15-12-24(23-8-9-25(29)26(30)17-23)18-31(2)28(33)22-6-4-3-5-7-22/h3-9,16-17,19,21,24H,10-15,18H2,1-2H3/t24-/m1/s1. The maximum atomic E-state index is 13.0. The number of piperidine rings is 1. The average Bonchev–Trinajstić information content (AvgIpc) is 3.30. The van der Waals surface area contributed by atoms with Crippen LogP contribution in [0.25, 0.3) is 0 Å². The van der Waals surface area contributed by atoms with Crippen molar-refractivity contribution in [3.05, 3.63) is 91.6 Å². The Hall–Kier alpha value is -1.85. The number of hydrogen-bond donors (Lipinski definition) is 0. The van der Waals surface area contributed by atoms with Crippen molar-refractivity contribution in [3.8, 4) is 0 Å². The Morgan fingerprint density at radius 3 is 2.47 bits per heavy atom.